The number of hydrogen-bond donors (Lipinski definition) is 1. The number of carboxylic acids is 1. The van der Waals surface area contributed by atoms with Crippen molar-refractivity contribution in [2.75, 3.05) is 0 Å². The molecule has 4 rings (SSSR count). The zero-order chi connectivity index (χ0) is 22.1. The van der Waals surface area contributed by atoms with E-state index in [2.05, 4.69) is 0 Å². The molecular formula is C25H17F3O3. The van der Waals surface area contributed by atoms with Gasteiger partial charge in [-0.05, 0) is 94.9 Å². The van der Waals surface area contributed by atoms with Crippen molar-refractivity contribution in [1.82, 2.24) is 0 Å². The van der Waals surface area contributed by atoms with Gasteiger partial charge in [0.05, 0.1) is 6.42 Å². The molecule has 0 aromatic heterocycles. The molecule has 0 unspecified atom stereocenters. The molecule has 0 radical (unpaired) electrons. The number of carbonyl (C=O) groups is 1. The SMILES string of the molecule is CC1=C(CC(=O)O)c2cc(F)c(F)cc2/C1=C/c1ccc(Oc2ccc(F)cc2)cc1. The van der Waals surface area contributed by atoms with Gasteiger partial charge in [-0.1, -0.05) is 12.1 Å². The highest BCUT2D eigenvalue weighted by Crippen LogP contribution is 2.44. The molecule has 0 saturated heterocycles. The van der Waals surface area contributed by atoms with E-state index < -0.39 is 17.6 Å². The van der Waals surface area contributed by atoms with E-state index in [0.29, 0.717) is 39.3 Å². The van der Waals surface area contributed by atoms with Crippen LogP contribution in [0.4, 0.5) is 13.2 Å². The Morgan fingerprint density at radius 3 is 2.03 bits per heavy atom. The van der Waals surface area contributed by atoms with Crippen molar-refractivity contribution in [3.8, 4) is 11.5 Å². The molecule has 3 nitrogen and oxygen atoms in total. The largest absolute Gasteiger partial charge is 0.481 e. The van der Waals surface area contributed by atoms with Gasteiger partial charge < -0.3 is 9.84 Å². The van der Waals surface area contributed by atoms with Crippen LogP contribution in [0.1, 0.15) is 30.0 Å². The molecular weight excluding hydrogens is 405 g/mol. The molecule has 0 amide bonds. The Morgan fingerprint density at radius 1 is 0.903 bits per heavy atom. The Labute approximate surface area is 176 Å². The zero-order valence-electron chi connectivity index (χ0n) is 16.5. The lowest BCUT2D eigenvalue weighted by Crippen LogP contribution is -1.98. The van der Waals surface area contributed by atoms with Crippen LogP contribution >= 0.6 is 0 Å². The third kappa shape index (κ3) is 4.23. The number of allylic oxidation sites excluding steroid dienone is 2. The minimum atomic E-state index is -1.05. The lowest BCUT2D eigenvalue weighted by atomic mass is 10.00. The maximum atomic E-state index is 13.9. The first-order chi connectivity index (χ1) is 14.8. The Balaban J connectivity index is 1.67. The number of fused-ring (bicyclic) bond motifs is 1. The van der Waals surface area contributed by atoms with Crippen LogP contribution in [0.3, 0.4) is 0 Å². The quantitative estimate of drug-likeness (QED) is 0.498. The van der Waals surface area contributed by atoms with Crippen molar-refractivity contribution in [3.63, 3.8) is 0 Å². The first kappa shape index (κ1) is 20.5. The fourth-order valence-electron chi connectivity index (χ4n) is 3.59. The second-order valence-electron chi connectivity index (χ2n) is 7.17. The maximum absolute atomic E-state index is 13.9. The predicted octanol–water partition coefficient (Wildman–Crippen LogP) is 6.70. The summed E-state index contributed by atoms with van der Waals surface area (Å²) in [6.45, 7) is 1.74. The summed E-state index contributed by atoms with van der Waals surface area (Å²) in [6, 6.07) is 14.8. The molecule has 0 saturated carbocycles. The van der Waals surface area contributed by atoms with Crippen LogP contribution in [-0.2, 0) is 4.79 Å². The summed E-state index contributed by atoms with van der Waals surface area (Å²) in [4.78, 5) is 11.3. The molecule has 3 aromatic carbocycles. The Kier molecular flexibility index (Phi) is 5.38. The minimum Gasteiger partial charge on any atom is -0.481 e. The third-order valence-corrected chi connectivity index (χ3v) is 5.10. The van der Waals surface area contributed by atoms with E-state index in [4.69, 9.17) is 4.74 Å². The van der Waals surface area contributed by atoms with E-state index in [9.17, 15) is 23.1 Å². The molecule has 0 atom stereocenters. The average molecular weight is 422 g/mol. The summed E-state index contributed by atoms with van der Waals surface area (Å²) in [7, 11) is 0. The zero-order valence-corrected chi connectivity index (χ0v) is 16.5. The van der Waals surface area contributed by atoms with Crippen LogP contribution in [0, 0.1) is 17.5 Å². The summed E-state index contributed by atoms with van der Waals surface area (Å²) in [5, 5.41) is 9.23. The first-order valence-electron chi connectivity index (χ1n) is 9.48. The lowest BCUT2D eigenvalue weighted by Gasteiger charge is -2.07. The lowest BCUT2D eigenvalue weighted by molar-refractivity contribution is -0.135. The van der Waals surface area contributed by atoms with Gasteiger partial charge in [-0.2, -0.15) is 0 Å². The molecule has 156 valence electrons. The molecule has 31 heavy (non-hydrogen) atoms. The molecule has 0 spiro atoms. The van der Waals surface area contributed by atoms with Crippen LogP contribution in [0.5, 0.6) is 11.5 Å². The molecule has 0 aliphatic heterocycles. The van der Waals surface area contributed by atoms with Crippen molar-refractivity contribution >= 4 is 23.2 Å². The number of hydrogen-bond acceptors (Lipinski definition) is 2. The molecule has 1 N–H and O–H groups in total. The summed E-state index contributed by atoms with van der Waals surface area (Å²) in [5.74, 6) is -2.36. The molecule has 0 bridgehead atoms. The number of rotatable bonds is 5. The van der Waals surface area contributed by atoms with Crippen molar-refractivity contribution in [1.29, 1.82) is 0 Å². The van der Waals surface area contributed by atoms with E-state index in [0.717, 1.165) is 17.7 Å². The fourth-order valence-corrected chi connectivity index (χ4v) is 3.59. The van der Waals surface area contributed by atoms with Crippen molar-refractivity contribution in [2.24, 2.45) is 0 Å². The molecule has 6 heteroatoms. The molecule has 3 aromatic rings. The van der Waals surface area contributed by atoms with E-state index in [-0.39, 0.29) is 12.2 Å². The van der Waals surface area contributed by atoms with Gasteiger partial charge in [-0.3, -0.25) is 4.79 Å². The molecule has 0 fully saturated rings. The van der Waals surface area contributed by atoms with Crippen molar-refractivity contribution in [3.05, 3.63) is 100 Å². The highest BCUT2D eigenvalue weighted by Gasteiger charge is 2.27. The topological polar surface area (TPSA) is 46.5 Å². The predicted molar refractivity (Wildman–Crippen MR) is 112 cm³/mol. The van der Waals surface area contributed by atoms with Gasteiger partial charge in [0.25, 0.3) is 0 Å². The van der Waals surface area contributed by atoms with Gasteiger partial charge in [-0.15, -0.1) is 0 Å². The number of benzene rings is 3. The normalized spacial score (nSPS) is 14.1. The summed E-state index contributed by atoms with van der Waals surface area (Å²) < 4.78 is 46.4. The van der Waals surface area contributed by atoms with Gasteiger partial charge in [0, 0.05) is 0 Å². The van der Waals surface area contributed by atoms with E-state index >= 15 is 0 Å². The molecule has 1 aliphatic rings. The maximum Gasteiger partial charge on any atom is 0.307 e. The minimum absolute atomic E-state index is 0.286. The van der Waals surface area contributed by atoms with E-state index in [1.54, 1.807) is 37.3 Å². The standard InChI is InChI=1S/C25H17F3O3/c1-14-19(21-11-23(27)24(28)12-22(21)20(14)13-25(29)30)10-15-2-6-17(7-3-15)31-18-8-4-16(26)5-9-18/h2-12H,13H2,1H3,(H,29,30)/b19-10+. The Hall–Kier alpha value is -3.80. The highest BCUT2D eigenvalue weighted by molar-refractivity contribution is 6.07. The number of carboxylic acid groups (broad SMARTS) is 1. The number of ether oxygens (including phenoxy) is 1. The average Bonchev–Trinajstić information content (AvgIpc) is 2.96. The second kappa shape index (κ2) is 8.14. The van der Waals surface area contributed by atoms with Gasteiger partial charge in [0.15, 0.2) is 11.6 Å². The summed E-state index contributed by atoms with van der Waals surface area (Å²) in [5.41, 5.74) is 3.38. The Morgan fingerprint density at radius 2 is 1.45 bits per heavy atom. The molecule has 0 heterocycles. The van der Waals surface area contributed by atoms with Gasteiger partial charge in [0.1, 0.15) is 17.3 Å². The van der Waals surface area contributed by atoms with Crippen LogP contribution in [0.15, 0.2) is 66.2 Å². The van der Waals surface area contributed by atoms with Crippen molar-refractivity contribution in [2.45, 2.75) is 13.3 Å². The van der Waals surface area contributed by atoms with E-state index in [1.807, 2.05) is 0 Å². The molecule has 1 aliphatic carbocycles. The van der Waals surface area contributed by atoms with Crippen LogP contribution in [0.25, 0.3) is 17.2 Å². The van der Waals surface area contributed by atoms with Gasteiger partial charge in [0.2, 0.25) is 0 Å². The second-order valence-corrected chi connectivity index (χ2v) is 7.17. The first-order valence-corrected chi connectivity index (χ1v) is 9.48. The Bertz CT molecular complexity index is 1220. The summed E-state index contributed by atoms with van der Waals surface area (Å²) >= 11 is 0. The van der Waals surface area contributed by atoms with Crippen molar-refractivity contribution < 1.29 is 27.8 Å². The number of aliphatic carboxylic acids is 1. The smallest absolute Gasteiger partial charge is 0.307 e. The van der Waals surface area contributed by atoms with Gasteiger partial charge in [-0.25, -0.2) is 13.2 Å². The number of halogens is 3. The summed E-state index contributed by atoms with van der Waals surface area (Å²) in [6.07, 6.45) is 1.51. The van der Waals surface area contributed by atoms with Crippen LogP contribution in [0.2, 0.25) is 0 Å². The monoisotopic (exact) mass is 422 g/mol. The van der Waals surface area contributed by atoms with Crippen LogP contribution in [-0.4, -0.2) is 11.1 Å². The highest BCUT2D eigenvalue weighted by atomic mass is 19.2. The van der Waals surface area contributed by atoms with Gasteiger partial charge >= 0.3 is 5.97 Å². The van der Waals surface area contributed by atoms with E-state index in [1.165, 1.54) is 24.3 Å². The van der Waals surface area contributed by atoms with Crippen LogP contribution < -0.4 is 4.74 Å². The third-order valence-electron chi connectivity index (χ3n) is 5.10. The fraction of sp³-hybridized carbons (Fsp3) is 0.0800.